The van der Waals surface area contributed by atoms with Crippen molar-refractivity contribution in [2.24, 2.45) is 5.92 Å². The minimum absolute atomic E-state index is 0.0122. The van der Waals surface area contributed by atoms with Crippen molar-refractivity contribution in [3.8, 4) is 0 Å². The molecule has 1 aliphatic carbocycles. The summed E-state index contributed by atoms with van der Waals surface area (Å²) in [5.74, 6) is -1.38. The van der Waals surface area contributed by atoms with Gasteiger partial charge in [0.1, 0.15) is 17.7 Å². The summed E-state index contributed by atoms with van der Waals surface area (Å²) in [5.41, 5.74) is 2.52. The maximum atomic E-state index is 12.6. The number of nitrogens with one attached hydrogen (secondary N) is 1. The lowest BCUT2D eigenvalue weighted by Gasteiger charge is -2.28. The van der Waals surface area contributed by atoms with Crippen LogP contribution in [-0.4, -0.2) is 22.7 Å². The summed E-state index contributed by atoms with van der Waals surface area (Å²) in [6.45, 7) is 0. The Kier molecular flexibility index (Phi) is 2.66. The average molecular weight is 291 g/mol. The van der Waals surface area contributed by atoms with Crippen molar-refractivity contribution in [1.29, 1.82) is 0 Å². The number of hydrogen-bond donors (Lipinski definition) is 2. The molecule has 1 atom stereocenters. The van der Waals surface area contributed by atoms with Crippen LogP contribution >= 0.6 is 0 Å². The topological polar surface area (TPSA) is 66.4 Å². The fourth-order valence-electron chi connectivity index (χ4n) is 3.17. The van der Waals surface area contributed by atoms with Crippen LogP contribution in [0.15, 0.2) is 54.3 Å². The number of aliphatic hydroxyl groups is 1. The summed E-state index contributed by atoms with van der Waals surface area (Å²) < 4.78 is 0. The number of fused-ring (bicyclic) bond motifs is 2. The highest BCUT2D eigenvalue weighted by Crippen LogP contribution is 2.35. The Labute approximate surface area is 127 Å². The van der Waals surface area contributed by atoms with Gasteiger partial charge in [-0.15, -0.1) is 0 Å². The molecule has 2 N–H and O–H groups in total. The van der Waals surface area contributed by atoms with Crippen LogP contribution in [0.2, 0.25) is 0 Å². The second-order valence-electron chi connectivity index (χ2n) is 5.53. The van der Waals surface area contributed by atoms with Crippen LogP contribution in [0, 0.1) is 5.92 Å². The van der Waals surface area contributed by atoms with Crippen LogP contribution in [0.4, 0.5) is 5.69 Å². The van der Waals surface area contributed by atoms with E-state index in [1.807, 2.05) is 24.3 Å². The lowest BCUT2D eigenvalue weighted by molar-refractivity contribution is 0.0819. The molecule has 1 aliphatic heterocycles. The lowest BCUT2D eigenvalue weighted by Crippen LogP contribution is -2.39. The van der Waals surface area contributed by atoms with E-state index in [0.717, 1.165) is 11.3 Å². The Morgan fingerprint density at radius 2 is 1.45 bits per heavy atom. The van der Waals surface area contributed by atoms with Gasteiger partial charge < -0.3 is 10.4 Å². The van der Waals surface area contributed by atoms with E-state index in [1.54, 1.807) is 30.3 Å². The molecule has 2 aromatic rings. The Morgan fingerprint density at radius 3 is 2.14 bits per heavy atom. The highest BCUT2D eigenvalue weighted by atomic mass is 16.3. The number of anilines is 1. The largest absolute Gasteiger partial charge is 0.510 e. The Bertz CT molecular complexity index is 803. The summed E-state index contributed by atoms with van der Waals surface area (Å²) in [6.07, 6.45) is 1.61. The average Bonchev–Trinajstić information content (AvgIpc) is 2.79. The van der Waals surface area contributed by atoms with E-state index in [0.29, 0.717) is 11.1 Å². The first-order chi connectivity index (χ1) is 10.7. The zero-order valence-electron chi connectivity index (χ0n) is 11.6. The molecule has 1 unspecified atom stereocenters. The predicted octanol–water partition coefficient (Wildman–Crippen LogP) is 3.08. The van der Waals surface area contributed by atoms with Crippen molar-refractivity contribution < 1.29 is 14.7 Å². The molecule has 108 valence electrons. The highest BCUT2D eigenvalue weighted by Gasteiger charge is 2.45. The number of para-hydroxylation sites is 1. The summed E-state index contributed by atoms with van der Waals surface area (Å²) in [6, 6.07) is 13.5. The third-order valence-corrected chi connectivity index (χ3v) is 4.25. The number of carbonyl (C=O) groups is 2. The molecule has 0 saturated heterocycles. The van der Waals surface area contributed by atoms with Gasteiger partial charge in [-0.3, -0.25) is 9.59 Å². The van der Waals surface area contributed by atoms with Crippen molar-refractivity contribution in [3.05, 3.63) is 71.0 Å². The van der Waals surface area contributed by atoms with Gasteiger partial charge in [-0.05, 0) is 12.1 Å². The van der Waals surface area contributed by atoms with Gasteiger partial charge in [-0.2, -0.15) is 0 Å². The zero-order chi connectivity index (χ0) is 15.3. The van der Waals surface area contributed by atoms with Gasteiger partial charge >= 0.3 is 0 Å². The normalized spacial score (nSPS) is 20.2. The van der Waals surface area contributed by atoms with E-state index in [9.17, 15) is 14.7 Å². The van der Waals surface area contributed by atoms with Gasteiger partial charge in [0, 0.05) is 22.4 Å². The maximum Gasteiger partial charge on any atom is 0.176 e. The third-order valence-electron chi connectivity index (χ3n) is 4.25. The molecule has 0 spiro atoms. The van der Waals surface area contributed by atoms with E-state index in [-0.39, 0.29) is 17.3 Å². The van der Waals surface area contributed by atoms with Gasteiger partial charge in [0.25, 0.3) is 0 Å². The van der Waals surface area contributed by atoms with Crippen molar-refractivity contribution in [1.82, 2.24) is 0 Å². The monoisotopic (exact) mass is 291 g/mol. The van der Waals surface area contributed by atoms with E-state index in [4.69, 9.17) is 0 Å². The SMILES string of the molecule is O=C1c2ccccc2C(=O)C1C1Nc2ccccc2C=C1O. The van der Waals surface area contributed by atoms with Gasteiger partial charge in [0.05, 0.1) is 0 Å². The van der Waals surface area contributed by atoms with Crippen LogP contribution in [-0.2, 0) is 0 Å². The van der Waals surface area contributed by atoms with Crippen LogP contribution in [0.3, 0.4) is 0 Å². The van der Waals surface area contributed by atoms with E-state index in [2.05, 4.69) is 5.32 Å². The van der Waals surface area contributed by atoms with Gasteiger partial charge in [-0.1, -0.05) is 42.5 Å². The summed E-state index contributed by atoms with van der Waals surface area (Å²) in [5, 5.41) is 13.4. The predicted molar refractivity (Wildman–Crippen MR) is 83.1 cm³/mol. The van der Waals surface area contributed by atoms with Crippen molar-refractivity contribution in [2.75, 3.05) is 5.32 Å². The van der Waals surface area contributed by atoms with Gasteiger partial charge in [-0.25, -0.2) is 0 Å². The minimum atomic E-state index is -0.915. The number of carbonyl (C=O) groups excluding carboxylic acids is 2. The van der Waals surface area contributed by atoms with Crippen LogP contribution in [0.5, 0.6) is 0 Å². The van der Waals surface area contributed by atoms with Crippen molar-refractivity contribution >= 4 is 23.3 Å². The quantitative estimate of drug-likeness (QED) is 0.792. The molecule has 0 aromatic heterocycles. The summed E-state index contributed by atoms with van der Waals surface area (Å²) in [7, 11) is 0. The number of Topliss-reactive ketones (excluding diaryl/α,β-unsaturated/α-hetero) is 2. The molecule has 22 heavy (non-hydrogen) atoms. The second kappa shape index (κ2) is 4.56. The van der Waals surface area contributed by atoms with Crippen molar-refractivity contribution in [3.63, 3.8) is 0 Å². The molecule has 0 radical (unpaired) electrons. The van der Waals surface area contributed by atoms with E-state index in [1.165, 1.54) is 0 Å². The Hall–Kier alpha value is -2.88. The highest BCUT2D eigenvalue weighted by molar-refractivity contribution is 6.27. The summed E-state index contributed by atoms with van der Waals surface area (Å²) in [4.78, 5) is 25.1. The number of rotatable bonds is 1. The second-order valence-corrected chi connectivity index (χ2v) is 5.53. The summed E-state index contributed by atoms with van der Waals surface area (Å²) >= 11 is 0. The molecular formula is C18H13NO3. The Morgan fingerprint density at radius 1 is 0.864 bits per heavy atom. The van der Waals surface area contributed by atoms with Crippen LogP contribution in [0.25, 0.3) is 6.08 Å². The molecule has 2 aliphatic rings. The molecule has 1 heterocycles. The first kappa shape index (κ1) is 12.8. The molecule has 4 heteroatoms. The smallest absolute Gasteiger partial charge is 0.176 e. The molecule has 4 rings (SSSR count). The first-order valence-corrected chi connectivity index (χ1v) is 7.10. The lowest BCUT2D eigenvalue weighted by atomic mass is 9.89. The standard InChI is InChI=1S/C18H13NO3/c20-14-9-10-5-1-4-8-13(10)19-16(14)15-17(21)11-6-2-3-7-12(11)18(15)22/h1-9,15-16,19-20H. The minimum Gasteiger partial charge on any atom is -0.510 e. The molecule has 4 nitrogen and oxygen atoms in total. The number of ketones is 2. The van der Waals surface area contributed by atoms with E-state index >= 15 is 0 Å². The molecule has 0 amide bonds. The molecule has 0 fully saturated rings. The van der Waals surface area contributed by atoms with Crippen LogP contribution < -0.4 is 5.32 Å². The number of benzene rings is 2. The third kappa shape index (κ3) is 1.70. The fraction of sp³-hybridized carbons (Fsp3) is 0.111. The van der Waals surface area contributed by atoms with Gasteiger partial charge in [0.15, 0.2) is 11.6 Å². The van der Waals surface area contributed by atoms with Crippen molar-refractivity contribution in [2.45, 2.75) is 6.04 Å². The Balaban J connectivity index is 1.76. The molecular weight excluding hydrogens is 278 g/mol. The molecule has 0 bridgehead atoms. The van der Waals surface area contributed by atoms with E-state index < -0.39 is 12.0 Å². The van der Waals surface area contributed by atoms with Crippen LogP contribution in [0.1, 0.15) is 26.3 Å². The first-order valence-electron chi connectivity index (χ1n) is 7.10. The molecule has 0 saturated carbocycles. The zero-order valence-corrected chi connectivity index (χ0v) is 11.6. The maximum absolute atomic E-state index is 12.6. The molecule has 2 aromatic carbocycles. The number of hydrogen-bond acceptors (Lipinski definition) is 4. The van der Waals surface area contributed by atoms with Gasteiger partial charge in [0.2, 0.25) is 0 Å². The number of aliphatic hydroxyl groups excluding tert-OH is 1. The fourth-order valence-corrected chi connectivity index (χ4v) is 3.17.